The molecule has 0 fully saturated rings. The van der Waals surface area contributed by atoms with Crippen LogP contribution < -0.4 is 16.4 Å². The van der Waals surface area contributed by atoms with E-state index >= 15 is 0 Å². The quantitative estimate of drug-likeness (QED) is 0.474. The van der Waals surface area contributed by atoms with Crippen molar-refractivity contribution in [2.24, 2.45) is 5.73 Å². The van der Waals surface area contributed by atoms with E-state index in [1.165, 1.54) is 6.92 Å². The fourth-order valence-electron chi connectivity index (χ4n) is 1.68. The molecule has 7 nitrogen and oxygen atoms in total. The SMILES string of the molecule is CCCC[C@H](NC(C)=O)C(=O)N[C@H](C=O)CCC(N)=O. The van der Waals surface area contributed by atoms with Crippen molar-refractivity contribution in [2.75, 3.05) is 0 Å². The largest absolute Gasteiger partial charge is 0.370 e. The molecule has 114 valence electrons. The summed E-state index contributed by atoms with van der Waals surface area (Å²) in [6.45, 7) is 3.31. The van der Waals surface area contributed by atoms with E-state index in [0.29, 0.717) is 12.7 Å². The Hall–Kier alpha value is -1.92. The molecule has 0 aromatic heterocycles. The van der Waals surface area contributed by atoms with Gasteiger partial charge in [0, 0.05) is 13.3 Å². The predicted molar refractivity (Wildman–Crippen MR) is 73.6 cm³/mol. The lowest BCUT2D eigenvalue weighted by atomic mass is 10.1. The number of carbonyl (C=O) groups is 4. The maximum atomic E-state index is 12.0. The van der Waals surface area contributed by atoms with E-state index in [0.717, 1.165) is 12.8 Å². The zero-order valence-corrected chi connectivity index (χ0v) is 12.0. The molecule has 0 heterocycles. The lowest BCUT2D eigenvalue weighted by molar-refractivity contribution is -0.129. The number of primary amides is 1. The highest BCUT2D eigenvalue weighted by Crippen LogP contribution is 2.03. The molecule has 0 aromatic rings. The fraction of sp³-hybridized carbons (Fsp3) is 0.692. The summed E-state index contributed by atoms with van der Waals surface area (Å²) in [6.07, 6.45) is 2.91. The van der Waals surface area contributed by atoms with Crippen LogP contribution >= 0.6 is 0 Å². The molecular formula is C13H23N3O4. The molecule has 2 atom stereocenters. The lowest BCUT2D eigenvalue weighted by Gasteiger charge is -2.20. The fourth-order valence-corrected chi connectivity index (χ4v) is 1.68. The molecule has 0 aliphatic rings. The monoisotopic (exact) mass is 285 g/mol. The van der Waals surface area contributed by atoms with Gasteiger partial charge in [0.15, 0.2) is 0 Å². The number of carbonyl (C=O) groups excluding carboxylic acids is 4. The van der Waals surface area contributed by atoms with Crippen LogP contribution in [0, 0.1) is 0 Å². The predicted octanol–water partition coefficient (Wildman–Crippen LogP) is -0.369. The number of hydrogen-bond acceptors (Lipinski definition) is 4. The third-order valence-corrected chi connectivity index (χ3v) is 2.73. The first-order valence-corrected chi connectivity index (χ1v) is 6.71. The molecule has 0 saturated heterocycles. The Balaban J connectivity index is 4.49. The molecule has 0 bridgehead atoms. The molecule has 0 spiro atoms. The van der Waals surface area contributed by atoms with Gasteiger partial charge in [0.05, 0.1) is 6.04 Å². The van der Waals surface area contributed by atoms with Crippen molar-refractivity contribution in [3.8, 4) is 0 Å². The zero-order chi connectivity index (χ0) is 15.5. The first-order chi connectivity index (χ1) is 9.40. The van der Waals surface area contributed by atoms with Crippen LogP contribution in [-0.2, 0) is 19.2 Å². The van der Waals surface area contributed by atoms with Crippen molar-refractivity contribution in [1.29, 1.82) is 0 Å². The summed E-state index contributed by atoms with van der Waals surface area (Å²) in [4.78, 5) is 44.6. The second-order valence-electron chi connectivity index (χ2n) is 4.65. The maximum Gasteiger partial charge on any atom is 0.243 e. The van der Waals surface area contributed by atoms with Crippen LogP contribution in [0.25, 0.3) is 0 Å². The number of unbranched alkanes of at least 4 members (excludes halogenated alkanes) is 1. The summed E-state index contributed by atoms with van der Waals surface area (Å²) < 4.78 is 0. The van der Waals surface area contributed by atoms with Gasteiger partial charge in [-0.3, -0.25) is 14.4 Å². The van der Waals surface area contributed by atoms with Crippen molar-refractivity contribution in [3.63, 3.8) is 0 Å². The van der Waals surface area contributed by atoms with Crippen molar-refractivity contribution in [3.05, 3.63) is 0 Å². The zero-order valence-electron chi connectivity index (χ0n) is 12.0. The average molecular weight is 285 g/mol. The normalized spacial score (nSPS) is 13.1. The number of aldehydes is 1. The average Bonchev–Trinajstić information content (AvgIpc) is 2.38. The topological polar surface area (TPSA) is 118 Å². The van der Waals surface area contributed by atoms with Crippen LogP contribution in [-0.4, -0.2) is 36.1 Å². The van der Waals surface area contributed by atoms with Crippen molar-refractivity contribution in [2.45, 2.75) is 58.0 Å². The van der Waals surface area contributed by atoms with Gasteiger partial charge in [-0.05, 0) is 12.8 Å². The van der Waals surface area contributed by atoms with E-state index in [9.17, 15) is 19.2 Å². The molecular weight excluding hydrogens is 262 g/mol. The van der Waals surface area contributed by atoms with Gasteiger partial charge >= 0.3 is 0 Å². The number of hydrogen-bond donors (Lipinski definition) is 3. The molecule has 0 saturated carbocycles. The maximum absolute atomic E-state index is 12.0. The highest BCUT2D eigenvalue weighted by atomic mass is 16.2. The van der Waals surface area contributed by atoms with Crippen LogP contribution in [0.4, 0.5) is 0 Å². The van der Waals surface area contributed by atoms with Crippen molar-refractivity contribution < 1.29 is 19.2 Å². The van der Waals surface area contributed by atoms with Crippen LogP contribution in [0.2, 0.25) is 0 Å². The van der Waals surface area contributed by atoms with Crippen LogP contribution in [0.15, 0.2) is 0 Å². The molecule has 0 unspecified atom stereocenters. The molecule has 0 aromatic carbocycles. The highest BCUT2D eigenvalue weighted by Gasteiger charge is 2.21. The number of nitrogens with two attached hydrogens (primary N) is 1. The molecule has 0 radical (unpaired) electrons. The van der Waals surface area contributed by atoms with Crippen LogP contribution in [0.3, 0.4) is 0 Å². The summed E-state index contributed by atoms with van der Waals surface area (Å²) in [7, 11) is 0. The summed E-state index contributed by atoms with van der Waals surface area (Å²) in [5, 5.41) is 5.06. The minimum absolute atomic E-state index is 0.0173. The molecule has 4 N–H and O–H groups in total. The van der Waals surface area contributed by atoms with Gasteiger partial charge in [-0.15, -0.1) is 0 Å². The lowest BCUT2D eigenvalue weighted by Crippen LogP contribution is -2.49. The number of amides is 3. The van der Waals surface area contributed by atoms with Crippen molar-refractivity contribution >= 4 is 24.0 Å². The summed E-state index contributed by atoms with van der Waals surface area (Å²) >= 11 is 0. The standard InChI is InChI=1S/C13H23N3O4/c1-3-4-5-11(15-9(2)18)13(20)16-10(8-17)6-7-12(14)19/h8,10-11H,3-7H2,1-2H3,(H2,14,19)(H,15,18)(H,16,20)/t10-,11-/m0/s1. The third kappa shape index (κ3) is 8.23. The Morgan fingerprint density at radius 2 is 1.85 bits per heavy atom. The third-order valence-electron chi connectivity index (χ3n) is 2.73. The number of rotatable bonds is 10. The smallest absolute Gasteiger partial charge is 0.243 e. The molecule has 0 rings (SSSR count). The van der Waals surface area contributed by atoms with E-state index in [1.54, 1.807) is 0 Å². The number of nitrogens with one attached hydrogen (secondary N) is 2. The summed E-state index contributed by atoms with van der Waals surface area (Å²) in [5.41, 5.74) is 4.99. The first kappa shape index (κ1) is 18.1. The molecule has 0 aliphatic heterocycles. The summed E-state index contributed by atoms with van der Waals surface area (Å²) in [6, 6.07) is -1.43. The molecule has 3 amide bonds. The van der Waals surface area contributed by atoms with Gasteiger partial charge in [0.25, 0.3) is 0 Å². The van der Waals surface area contributed by atoms with Gasteiger partial charge in [-0.2, -0.15) is 0 Å². The van der Waals surface area contributed by atoms with Gasteiger partial charge in [0.1, 0.15) is 12.3 Å². The van der Waals surface area contributed by atoms with E-state index in [1.807, 2.05) is 6.92 Å². The summed E-state index contributed by atoms with van der Waals surface area (Å²) in [5.74, 6) is -1.26. The van der Waals surface area contributed by atoms with E-state index in [4.69, 9.17) is 5.73 Å². The van der Waals surface area contributed by atoms with E-state index in [2.05, 4.69) is 10.6 Å². The van der Waals surface area contributed by atoms with Gasteiger partial charge < -0.3 is 21.2 Å². The molecule has 0 aliphatic carbocycles. The van der Waals surface area contributed by atoms with Crippen LogP contribution in [0.5, 0.6) is 0 Å². The van der Waals surface area contributed by atoms with E-state index < -0.39 is 23.9 Å². The Morgan fingerprint density at radius 1 is 1.20 bits per heavy atom. The second-order valence-corrected chi connectivity index (χ2v) is 4.65. The van der Waals surface area contributed by atoms with Crippen LogP contribution in [0.1, 0.15) is 46.0 Å². The Labute approximate surface area is 118 Å². The highest BCUT2D eigenvalue weighted by molar-refractivity contribution is 5.88. The minimum atomic E-state index is -0.770. The molecule has 7 heteroatoms. The van der Waals surface area contributed by atoms with Crippen molar-refractivity contribution in [1.82, 2.24) is 10.6 Å². The van der Waals surface area contributed by atoms with Gasteiger partial charge in [0.2, 0.25) is 17.7 Å². The minimum Gasteiger partial charge on any atom is -0.370 e. The Morgan fingerprint density at radius 3 is 2.30 bits per heavy atom. The first-order valence-electron chi connectivity index (χ1n) is 6.71. The molecule has 20 heavy (non-hydrogen) atoms. The second kappa shape index (κ2) is 9.94. The Bertz CT molecular complexity index is 358. The Kier molecular flexibility index (Phi) is 8.98. The van der Waals surface area contributed by atoms with E-state index in [-0.39, 0.29) is 18.7 Å². The van der Waals surface area contributed by atoms with Gasteiger partial charge in [-0.25, -0.2) is 0 Å². The van der Waals surface area contributed by atoms with Gasteiger partial charge in [-0.1, -0.05) is 19.8 Å².